The number of hydrogen-bond acceptors (Lipinski definition) is 4. The van der Waals surface area contributed by atoms with Crippen LogP contribution in [0.3, 0.4) is 0 Å². The summed E-state index contributed by atoms with van der Waals surface area (Å²) < 4.78 is 7.07. The van der Waals surface area contributed by atoms with E-state index in [1.807, 2.05) is 67.9 Å². The summed E-state index contributed by atoms with van der Waals surface area (Å²) in [5.41, 5.74) is 5.12. The molecule has 0 unspecified atom stereocenters. The maximum Gasteiger partial charge on any atom is 0.229 e. The summed E-state index contributed by atoms with van der Waals surface area (Å²) >= 11 is 0. The highest BCUT2D eigenvalue weighted by molar-refractivity contribution is 6.03. The fraction of sp³-hybridized carbons (Fsp3) is 0.292. The minimum Gasteiger partial charge on any atom is -0.497 e. The molecule has 2 heterocycles. The van der Waals surface area contributed by atoms with E-state index in [4.69, 9.17) is 4.74 Å². The van der Waals surface area contributed by atoms with Crippen molar-refractivity contribution in [3.63, 3.8) is 0 Å². The molecular formula is C24H26N4O3. The van der Waals surface area contributed by atoms with Gasteiger partial charge in [0, 0.05) is 24.7 Å². The summed E-state index contributed by atoms with van der Waals surface area (Å²) in [6, 6.07) is 15.4. The maximum atomic E-state index is 13.0. The van der Waals surface area contributed by atoms with Gasteiger partial charge in [0.2, 0.25) is 11.8 Å². The summed E-state index contributed by atoms with van der Waals surface area (Å²) in [6.45, 7) is 6.17. The third-order valence-corrected chi connectivity index (χ3v) is 5.68. The summed E-state index contributed by atoms with van der Waals surface area (Å²) in [4.78, 5) is 27.2. The van der Waals surface area contributed by atoms with E-state index < -0.39 is 5.92 Å². The van der Waals surface area contributed by atoms with E-state index in [9.17, 15) is 9.59 Å². The van der Waals surface area contributed by atoms with Gasteiger partial charge in [-0.3, -0.25) is 9.59 Å². The van der Waals surface area contributed by atoms with Crippen LogP contribution >= 0.6 is 0 Å². The van der Waals surface area contributed by atoms with Crippen LogP contribution < -0.4 is 15.0 Å². The van der Waals surface area contributed by atoms with Crippen molar-refractivity contribution in [2.24, 2.45) is 5.92 Å². The molecule has 1 aromatic heterocycles. The van der Waals surface area contributed by atoms with Crippen LogP contribution in [-0.4, -0.2) is 35.2 Å². The Labute approximate surface area is 181 Å². The fourth-order valence-electron chi connectivity index (χ4n) is 3.90. The van der Waals surface area contributed by atoms with Gasteiger partial charge in [-0.1, -0.05) is 23.8 Å². The number of nitrogens with zero attached hydrogens (tertiary/aromatic N) is 3. The van der Waals surface area contributed by atoms with Gasteiger partial charge in [-0.05, 0) is 45.0 Å². The minimum atomic E-state index is -0.430. The van der Waals surface area contributed by atoms with Gasteiger partial charge in [-0.25, -0.2) is 4.68 Å². The normalized spacial score (nSPS) is 15.9. The molecule has 1 saturated heterocycles. The highest BCUT2D eigenvalue weighted by atomic mass is 16.5. The molecular weight excluding hydrogens is 392 g/mol. The zero-order chi connectivity index (χ0) is 22.1. The molecule has 2 amide bonds. The van der Waals surface area contributed by atoms with Crippen molar-refractivity contribution in [2.45, 2.75) is 27.2 Å². The first-order valence-electron chi connectivity index (χ1n) is 10.3. The lowest BCUT2D eigenvalue weighted by atomic mass is 10.1. The molecule has 0 radical (unpaired) electrons. The number of anilines is 2. The lowest BCUT2D eigenvalue weighted by Crippen LogP contribution is -2.28. The van der Waals surface area contributed by atoms with Crippen LogP contribution in [-0.2, 0) is 9.59 Å². The van der Waals surface area contributed by atoms with E-state index in [0.29, 0.717) is 18.0 Å². The van der Waals surface area contributed by atoms with E-state index >= 15 is 0 Å². The maximum absolute atomic E-state index is 13.0. The number of nitrogens with one attached hydrogen (secondary N) is 1. The predicted octanol–water partition coefficient (Wildman–Crippen LogP) is 3.80. The second-order valence-electron chi connectivity index (χ2n) is 7.89. The molecule has 2 aromatic carbocycles. The monoisotopic (exact) mass is 418 g/mol. The molecule has 7 nitrogen and oxygen atoms in total. The second kappa shape index (κ2) is 8.26. The van der Waals surface area contributed by atoms with E-state index in [-0.39, 0.29) is 18.2 Å². The van der Waals surface area contributed by atoms with Gasteiger partial charge in [-0.2, -0.15) is 5.10 Å². The molecule has 7 heteroatoms. The third-order valence-electron chi connectivity index (χ3n) is 5.68. The molecule has 0 saturated carbocycles. The Morgan fingerprint density at radius 1 is 1.10 bits per heavy atom. The Kier molecular flexibility index (Phi) is 5.50. The van der Waals surface area contributed by atoms with Crippen molar-refractivity contribution in [3.05, 3.63) is 65.5 Å². The van der Waals surface area contributed by atoms with E-state index in [0.717, 1.165) is 22.8 Å². The zero-order valence-electron chi connectivity index (χ0n) is 18.2. The molecule has 0 aliphatic carbocycles. The Hall–Kier alpha value is -3.61. The van der Waals surface area contributed by atoms with Crippen molar-refractivity contribution < 1.29 is 14.3 Å². The van der Waals surface area contributed by atoms with Crippen molar-refractivity contribution in [1.82, 2.24) is 9.78 Å². The van der Waals surface area contributed by atoms with E-state index in [1.165, 1.54) is 5.56 Å². The highest BCUT2D eigenvalue weighted by Crippen LogP contribution is 2.30. The van der Waals surface area contributed by atoms with Gasteiger partial charge in [-0.15, -0.1) is 0 Å². The summed E-state index contributed by atoms with van der Waals surface area (Å²) in [6.07, 6.45) is 0.174. The lowest BCUT2D eigenvalue weighted by Gasteiger charge is -2.17. The van der Waals surface area contributed by atoms with Gasteiger partial charge < -0.3 is 15.0 Å². The molecule has 4 rings (SSSR count). The first-order valence-corrected chi connectivity index (χ1v) is 10.3. The van der Waals surface area contributed by atoms with Crippen LogP contribution in [0.25, 0.3) is 5.69 Å². The molecule has 1 fully saturated rings. The molecule has 3 aromatic rings. The Balaban J connectivity index is 1.51. The predicted molar refractivity (Wildman–Crippen MR) is 120 cm³/mol. The van der Waals surface area contributed by atoms with Crippen LogP contribution in [0, 0.1) is 26.7 Å². The van der Waals surface area contributed by atoms with Crippen LogP contribution in [0.4, 0.5) is 11.4 Å². The lowest BCUT2D eigenvalue weighted by molar-refractivity contribution is -0.122. The second-order valence-corrected chi connectivity index (χ2v) is 7.89. The molecule has 1 aliphatic heterocycles. The quantitative estimate of drug-likeness (QED) is 0.684. The van der Waals surface area contributed by atoms with Crippen molar-refractivity contribution >= 4 is 23.2 Å². The molecule has 1 N–H and O–H groups in total. The molecule has 0 spiro atoms. The number of benzene rings is 2. The average molecular weight is 418 g/mol. The molecule has 31 heavy (non-hydrogen) atoms. The first kappa shape index (κ1) is 20.7. The fourth-order valence-corrected chi connectivity index (χ4v) is 3.90. The van der Waals surface area contributed by atoms with Gasteiger partial charge in [0.05, 0.1) is 35.8 Å². The number of aryl methyl sites for hydroxylation is 2. The largest absolute Gasteiger partial charge is 0.497 e. The van der Waals surface area contributed by atoms with Crippen molar-refractivity contribution in [2.75, 3.05) is 23.9 Å². The Morgan fingerprint density at radius 2 is 1.84 bits per heavy atom. The van der Waals surface area contributed by atoms with Crippen LogP contribution in [0.1, 0.15) is 23.4 Å². The molecule has 160 valence electrons. The standard InChI is InChI=1S/C24H26N4O3/c1-15-8-10-19(11-9-15)28-17(3)23(16(2)26-28)25-24(30)18-12-22(29)27(14-18)20-6-5-7-21(13-20)31-4/h5-11,13,18H,12,14H2,1-4H3,(H,25,30)/t18-/m1/s1. The van der Waals surface area contributed by atoms with Crippen molar-refractivity contribution in [3.8, 4) is 11.4 Å². The van der Waals surface area contributed by atoms with Gasteiger partial charge in [0.25, 0.3) is 0 Å². The highest BCUT2D eigenvalue weighted by Gasteiger charge is 2.35. The molecule has 1 aliphatic rings. The number of ether oxygens (including phenoxy) is 1. The van der Waals surface area contributed by atoms with Crippen LogP contribution in [0.5, 0.6) is 5.75 Å². The number of rotatable bonds is 5. The third kappa shape index (κ3) is 4.03. The van der Waals surface area contributed by atoms with E-state index in [1.54, 1.807) is 18.1 Å². The summed E-state index contributed by atoms with van der Waals surface area (Å²) in [7, 11) is 1.59. The molecule has 1 atom stereocenters. The SMILES string of the molecule is COc1cccc(N2C[C@H](C(=O)Nc3c(C)nn(-c4ccc(C)cc4)c3C)CC2=O)c1. The van der Waals surface area contributed by atoms with Crippen LogP contribution in [0.15, 0.2) is 48.5 Å². The Bertz CT molecular complexity index is 1130. The van der Waals surface area contributed by atoms with Gasteiger partial charge in [0.1, 0.15) is 5.75 Å². The van der Waals surface area contributed by atoms with Gasteiger partial charge >= 0.3 is 0 Å². The summed E-state index contributed by atoms with van der Waals surface area (Å²) in [5.74, 6) is -0.00111. The number of aromatic nitrogens is 2. The topological polar surface area (TPSA) is 76.5 Å². The van der Waals surface area contributed by atoms with Gasteiger partial charge in [0.15, 0.2) is 0 Å². The number of carbonyl (C=O) groups excluding carboxylic acids is 2. The number of hydrogen-bond donors (Lipinski definition) is 1. The smallest absolute Gasteiger partial charge is 0.229 e. The summed E-state index contributed by atoms with van der Waals surface area (Å²) in [5, 5.41) is 7.61. The van der Waals surface area contributed by atoms with Crippen molar-refractivity contribution in [1.29, 1.82) is 0 Å². The van der Waals surface area contributed by atoms with Crippen LogP contribution in [0.2, 0.25) is 0 Å². The zero-order valence-corrected chi connectivity index (χ0v) is 18.2. The number of amides is 2. The number of carbonyl (C=O) groups is 2. The number of methoxy groups -OCH3 is 1. The molecule has 0 bridgehead atoms. The Morgan fingerprint density at radius 3 is 2.55 bits per heavy atom. The van der Waals surface area contributed by atoms with E-state index in [2.05, 4.69) is 10.4 Å². The minimum absolute atomic E-state index is 0.0720. The first-order chi connectivity index (χ1) is 14.9. The average Bonchev–Trinajstić information content (AvgIpc) is 3.29.